The second-order valence-electron chi connectivity index (χ2n) is 1.96. The van der Waals surface area contributed by atoms with Gasteiger partial charge >= 0.3 is 0 Å². The zero-order valence-corrected chi connectivity index (χ0v) is 5.52. The molecule has 4 nitrogen and oxygen atoms in total. The topological polar surface area (TPSA) is 66.2 Å². The second-order valence-corrected chi connectivity index (χ2v) is 1.96. The van der Waals surface area contributed by atoms with Gasteiger partial charge in [-0.25, -0.2) is 0 Å². The molecule has 0 saturated carbocycles. The highest BCUT2D eigenvalue weighted by molar-refractivity contribution is 5.00. The molecule has 0 bridgehead atoms. The van der Waals surface area contributed by atoms with E-state index >= 15 is 0 Å². The Kier molecular flexibility index (Phi) is 1.94. The summed E-state index contributed by atoms with van der Waals surface area (Å²) in [6.45, 7) is 1.78. The van der Waals surface area contributed by atoms with Crippen LogP contribution < -0.4 is 0 Å². The van der Waals surface area contributed by atoms with Crippen LogP contribution in [-0.4, -0.2) is 20.2 Å². The van der Waals surface area contributed by atoms with E-state index in [1.54, 1.807) is 6.92 Å². The minimum absolute atomic E-state index is 0.172. The van der Waals surface area contributed by atoms with Crippen molar-refractivity contribution in [3.05, 3.63) is 23.8 Å². The third-order valence-electron chi connectivity index (χ3n) is 1.07. The molecule has 0 unspecified atom stereocenters. The van der Waals surface area contributed by atoms with Gasteiger partial charge < -0.3 is 10.2 Å². The van der Waals surface area contributed by atoms with Crippen molar-refractivity contribution < 1.29 is 10.2 Å². The van der Waals surface area contributed by atoms with E-state index in [0.29, 0.717) is 0 Å². The number of hydrogen-bond acceptors (Lipinski definition) is 4. The fourth-order valence-electron chi connectivity index (χ4n) is 0.536. The van der Waals surface area contributed by atoms with Gasteiger partial charge in [0.15, 0.2) is 6.29 Å². The molecule has 0 aliphatic rings. The standard InChI is InChI=1S/C6H8N2O2/c1-4-2-8-5(3-7-4)6(9)10/h2-3,6,9-10H,1H3. The van der Waals surface area contributed by atoms with Crippen LogP contribution in [0.25, 0.3) is 0 Å². The Hall–Kier alpha value is -1.00. The van der Waals surface area contributed by atoms with Gasteiger partial charge in [0.25, 0.3) is 0 Å². The predicted molar refractivity (Wildman–Crippen MR) is 33.9 cm³/mol. The van der Waals surface area contributed by atoms with Crippen LogP contribution in [0.3, 0.4) is 0 Å². The highest BCUT2D eigenvalue weighted by atomic mass is 16.5. The predicted octanol–water partition coefficient (Wildman–Crippen LogP) is -0.232. The molecule has 0 aliphatic heterocycles. The van der Waals surface area contributed by atoms with Crippen LogP contribution in [0.1, 0.15) is 17.7 Å². The van der Waals surface area contributed by atoms with E-state index in [-0.39, 0.29) is 5.69 Å². The number of aromatic nitrogens is 2. The summed E-state index contributed by atoms with van der Waals surface area (Å²) in [5, 5.41) is 17.1. The summed E-state index contributed by atoms with van der Waals surface area (Å²) in [5.41, 5.74) is 0.926. The Morgan fingerprint density at radius 3 is 2.40 bits per heavy atom. The average molecular weight is 140 g/mol. The third-order valence-corrected chi connectivity index (χ3v) is 1.07. The number of aryl methyl sites for hydroxylation is 1. The van der Waals surface area contributed by atoms with E-state index in [1.165, 1.54) is 12.4 Å². The molecular formula is C6H8N2O2. The van der Waals surface area contributed by atoms with Crippen molar-refractivity contribution in [2.24, 2.45) is 0 Å². The first-order valence-electron chi connectivity index (χ1n) is 2.85. The summed E-state index contributed by atoms with van der Waals surface area (Å²) in [6, 6.07) is 0. The lowest BCUT2D eigenvalue weighted by molar-refractivity contribution is -0.0461. The molecule has 0 aromatic carbocycles. The number of hydrogen-bond donors (Lipinski definition) is 2. The molecule has 1 aromatic rings. The minimum atomic E-state index is -1.52. The molecule has 0 aliphatic carbocycles. The fourth-order valence-corrected chi connectivity index (χ4v) is 0.536. The van der Waals surface area contributed by atoms with Crippen molar-refractivity contribution in [1.82, 2.24) is 9.97 Å². The molecule has 1 rings (SSSR count). The van der Waals surface area contributed by atoms with Gasteiger partial charge in [0.1, 0.15) is 5.69 Å². The van der Waals surface area contributed by atoms with Crippen LogP contribution in [0.4, 0.5) is 0 Å². The largest absolute Gasteiger partial charge is 0.363 e. The molecule has 0 spiro atoms. The van der Waals surface area contributed by atoms with Crippen LogP contribution in [-0.2, 0) is 0 Å². The van der Waals surface area contributed by atoms with Crippen molar-refractivity contribution in [3.8, 4) is 0 Å². The van der Waals surface area contributed by atoms with Crippen molar-refractivity contribution in [1.29, 1.82) is 0 Å². The lowest BCUT2D eigenvalue weighted by Crippen LogP contribution is -1.99. The highest BCUT2D eigenvalue weighted by Crippen LogP contribution is 2.02. The summed E-state index contributed by atoms with van der Waals surface area (Å²) >= 11 is 0. The molecule has 2 N–H and O–H groups in total. The van der Waals surface area contributed by atoms with E-state index in [4.69, 9.17) is 10.2 Å². The normalized spacial score (nSPS) is 10.4. The van der Waals surface area contributed by atoms with Crippen LogP contribution >= 0.6 is 0 Å². The molecule has 4 heteroatoms. The van der Waals surface area contributed by atoms with Gasteiger partial charge in [-0.3, -0.25) is 9.97 Å². The van der Waals surface area contributed by atoms with Gasteiger partial charge in [-0.2, -0.15) is 0 Å². The molecule has 10 heavy (non-hydrogen) atoms. The van der Waals surface area contributed by atoms with Crippen molar-refractivity contribution >= 4 is 0 Å². The zero-order chi connectivity index (χ0) is 7.56. The van der Waals surface area contributed by atoms with Crippen LogP contribution in [0.2, 0.25) is 0 Å². The van der Waals surface area contributed by atoms with Gasteiger partial charge in [0, 0.05) is 6.20 Å². The number of aliphatic hydroxyl groups excluding tert-OH is 1. The van der Waals surface area contributed by atoms with Crippen molar-refractivity contribution in [3.63, 3.8) is 0 Å². The molecule has 0 fully saturated rings. The molecule has 0 saturated heterocycles. The Morgan fingerprint density at radius 1 is 1.30 bits per heavy atom. The first kappa shape index (κ1) is 7.11. The molecular weight excluding hydrogens is 132 g/mol. The number of nitrogens with zero attached hydrogens (tertiary/aromatic N) is 2. The fraction of sp³-hybridized carbons (Fsp3) is 0.333. The summed E-state index contributed by atoms with van der Waals surface area (Å²) < 4.78 is 0. The summed E-state index contributed by atoms with van der Waals surface area (Å²) in [6.07, 6.45) is 1.29. The van der Waals surface area contributed by atoms with E-state index in [1.807, 2.05) is 0 Å². The zero-order valence-electron chi connectivity index (χ0n) is 5.52. The maximum atomic E-state index is 8.57. The lowest BCUT2D eigenvalue weighted by atomic mass is 10.4. The first-order valence-corrected chi connectivity index (χ1v) is 2.85. The van der Waals surface area contributed by atoms with Crippen molar-refractivity contribution in [2.75, 3.05) is 0 Å². The van der Waals surface area contributed by atoms with Crippen molar-refractivity contribution in [2.45, 2.75) is 13.2 Å². The molecule has 0 atom stereocenters. The van der Waals surface area contributed by atoms with Crippen LogP contribution in [0.5, 0.6) is 0 Å². The molecule has 54 valence electrons. The van der Waals surface area contributed by atoms with Gasteiger partial charge in [0.05, 0.1) is 11.9 Å². The number of rotatable bonds is 1. The monoisotopic (exact) mass is 140 g/mol. The molecule has 0 radical (unpaired) electrons. The van der Waals surface area contributed by atoms with Crippen LogP contribution in [0, 0.1) is 6.92 Å². The Morgan fingerprint density at radius 2 is 2.00 bits per heavy atom. The lowest BCUT2D eigenvalue weighted by Gasteiger charge is -2.00. The summed E-state index contributed by atoms with van der Waals surface area (Å²) in [4.78, 5) is 7.53. The van der Waals surface area contributed by atoms with E-state index in [9.17, 15) is 0 Å². The molecule has 1 aromatic heterocycles. The van der Waals surface area contributed by atoms with E-state index in [2.05, 4.69) is 9.97 Å². The SMILES string of the molecule is Cc1cnc(C(O)O)cn1. The number of aliphatic hydroxyl groups is 2. The maximum absolute atomic E-state index is 8.57. The summed E-state index contributed by atoms with van der Waals surface area (Å²) in [5.74, 6) is 0. The summed E-state index contributed by atoms with van der Waals surface area (Å²) in [7, 11) is 0. The Labute approximate surface area is 58.2 Å². The Balaban J connectivity index is 2.89. The van der Waals surface area contributed by atoms with Crippen LogP contribution in [0.15, 0.2) is 12.4 Å². The molecule has 0 amide bonds. The minimum Gasteiger partial charge on any atom is -0.363 e. The second kappa shape index (κ2) is 2.72. The van der Waals surface area contributed by atoms with Gasteiger partial charge in [-0.1, -0.05) is 0 Å². The maximum Gasteiger partial charge on any atom is 0.197 e. The Bertz CT molecular complexity index is 207. The van der Waals surface area contributed by atoms with Gasteiger partial charge in [-0.15, -0.1) is 0 Å². The quantitative estimate of drug-likeness (QED) is 0.529. The average Bonchev–Trinajstić information content (AvgIpc) is 1.88. The van der Waals surface area contributed by atoms with Gasteiger partial charge in [0.2, 0.25) is 0 Å². The highest BCUT2D eigenvalue weighted by Gasteiger charge is 2.01. The smallest absolute Gasteiger partial charge is 0.197 e. The van der Waals surface area contributed by atoms with Gasteiger partial charge in [-0.05, 0) is 6.92 Å². The van der Waals surface area contributed by atoms with E-state index < -0.39 is 6.29 Å². The first-order chi connectivity index (χ1) is 4.70. The third kappa shape index (κ3) is 1.49. The van der Waals surface area contributed by atoms with E-state index in [0.717, 1.165) is 5.69 Å². The molecule has 1 heterocycles.